The van der Waals surface area contributed by atoms with E-state index in [1.807, 2.05) is 0 Å². The summed E-state index contributed by atoms with van der Waals surface area (Å²) in [7, 11) is 1.44. The van der Waals surface area contributed by atoms with Crippen molar-refractivity contribution in [2.24, 2.45) is 5.92 Å². The summed E-state index contributed by atoms with van der Waals surface area (Å²) in [5.74, 6) is -0.868. The highest BCUT2D eigenvalue weighted by molar-refractivity contribution is 5.33. The lowest BCUT2D eigenvalue weighted by Gasteiger charge is -2.29. The van der Waals surface area contributed by atoms with Crippen LogP contribution in [-0.2, 0) is 4.74 Å². The van der Waals surface area contributed by atoms with Crippen molar-refractivity contribution in [3.63, 3.8) is 0 Å². The minimum Gasteiger partial charge on any atom is -0.464 e. The van der Waals surface area contributed by atoms with Crippen molar-refractivity contribution in [3.05, 3.63) is 29.3 Å². The molecular weight excluding hydrogens is 274 g/mol. The highest BCUT2D eigenvalue weighted by Crippen LogP contribution is 2.39. The zero-order chi connectivity index (χ0) is 15.2. The van der Waals surface area contributed by atoms with Crippen molar-refractivity contribution in [2.75, 3.05) is 13.9 Å². The van der Waals surface area contributed by atoms with Gasteiger partial charge >= 0.3 is 0 Å². The van der Waals surface area contributed by atoms with Crippen LogP contribution in [0, 0.1) is 17.6 Å². The van der Waals surface area contributed by atoms with Crippen LogP contribution < -0.4 is 4.74 Å². The molecule has 1 saturated carbocycles. The second-order valence-corrected chi connectivity index (χ2v) is 5.84. The SMILES string of the molecule is CCCC1CCC(c2ccc(OCOC)c(F)c2F)CC1. The van der Waals surface area contributed by atoms with Crippen molar-refractivity contribution in [1.82, 2.24) is 0 Å². The largest absolute Gasteiger partial charge is 0.464 e. The minimum atomic E-state index is -0.903. The Morgan fingerprint density at radius 1 is 1.10 bits per heavy atom. The molecule has 0 unspecified atom stereocenters. The first-order valence-corrected chi connectivity index (χ1v) is 7.77. The molecule has 0 atom stereocenters. The molecule has 0 spiro atoms. The quantitative estimate of drug-likeness (QED) is 0.686. The van der Waals surface area contributed by atoms with E-state index in [0.717, 1.165) is 31.6 Å². The number of benzene rings is 1. The number of hydrogen-bond donors (Lipinski definition) is 0. The first kappa shape index (κ1) is 16.2. The van der Waals surface area contributed by atoms with Crippen molar-refractivity contribution >= 4 is 0 Å². The second kappa shape index (κ2) is 7.74. The number of hydrogen-bond acceptors (Lipinski definition) is 2. The summed E-state index contributed by atoms with van der Waals surface area (Å²) in [6.07, 6.45) is 6.55. The average Bonchev–Trinajstić information content (AvgIpc) is 2.50. The van der Waals surface area contributed by atoms with Crippen LogP contribution in [0.1, 0.15) is 56.9 Å². The molecule has 2 nitrogen and oxygen atoms in total. The molecule has 21 heavy (non-hydrogen) atoms. The van der Waals surface area contributed by atoms with E-state index in [4.69, 9.17) is 9.47 Å². The van der Waals surface area contributed by atoms with Crippen LogP contribution in [0.2, 0.25) is 0 Å². The topological polar surface area (TPSA) is 18.5 Å². The van der Waals surface area contributed by atoms with Crippen molar-refractivity contribution in [3.8, 4) is 5.75 Å². The van der Waals surface area contributed by atoms with Gasteiger partial charge in [-0.25, -0.2) is 4.39 Å². The first-order chi connectivity index (χ1) is 10.2. The zero-order valence-electron chi connectivity index (χ0n) is 12.8. The molecule has 0 aromatic heterocycles. The normalized spacial score (nSPS) is 22.3. The third-order valence-electron chi connectivity index (χ3n) is 4.39. The lowest BCUT2D eigenvalue weighted by Crippen LogP contribution is -2.15. The smallest absolute Gasteiger partial charge is 0.201 e. The molecule has 0 radical (unpaired) electrons. The van der Waals surface area contributed by atoms with Crippen LogP contribution in [-0.4, -0.2) is 13.9 Å². The Morgan fingerprint density at radius 3 is 2.43 bits per heavy atom. The molecule has 1 aromatic rings. The summed E-state index contributed by atoms with van der Waals surface area (Å²) in [4.78, 5) is 0. The number of methoxy groups -OCH3 is 1. The second-order valence-electron chi connectivity index (χ2n) is 5.84. The van der Waals surface area contributed by atoms with E-state index in [2.05, 4.69) is 6.92 Å². The maximum Gasteiger partial charge on any atom is 0.201 e. The van der Waals surface area contributed by atoms with Gasteiger partial charge in [-0.2, -0.15) is 4.39 Å². The zero-order valence-corrected chi connectivity index (χ0v) is 12.8. The van der Waals surface area contributed by atoms with Gasteiger partial charge in [-0.15, -0.1) is 0 Å². The van der Waals surface area contributed by atoms with Gasteiger partial charge < -0.3 is 9.47 Å². The lowest BCUT2D eigenvalue weighted by molar-refractivity contribution is 0.0477. The van der Waals surface area contributed by atoms with Gasteiger partial charge in [0, 0.05) is 7.11 Å². The molecule has 4 heteroatoms. The van der Waals surface area contributed by atoms with E-state index in [-0.39, 0.29) is 18.5 Å². The highest BCUT2D eigenvalue weighted by atomic mass is 19.2. The predicted octanol–water partition coefficient (Wildman–Crippen LogP) is 5.02. The van der Waals surface area contributed by atoms with E-state index >= 15 is 0 Å². The molecule has 1 aromatic carbocycles. The molecule has 0 heterocycles. The number of halogens is 2. The van der Waals surface area contributed by atoms with Crippen molar-refractivity contribution in [2.45, 2.75) is 51.4 Å². The Labute approximate surface area is 125 Å². The molecule has 0 aliphatic heterocycles. The van der Waals surface area contributed by atoms with E-state index < -0.39 is 11.6 Å². The summed E-state index contributed by atoms with van der Waals surface area (Å²) < 4.78 is 37.9. The van der Waals surface area contributed by atoms with Crippen LogP contribution in [0.3, 0.4) is 0 Å². The van der Waals surface area contributed by atoms with Gasteiger partial charge in [0.15, 0.2) is 18.4 Å². The lowest BCUT2D eigenvalue weighted by atomic mass is 9.77. The Hall–Kier alpha value is -1.16. The maximum absolute atomic E-state index is 14.2. The van der Waals surface area contributed by atoms with E-state index in [9.17, 15) is 8.78 Å². The van der Waals surface area contributed by atoms with Crippen LogP contribution >= 0.6 is 0 Å². The average molecular weight is 298 g/mol. The van der Waals surface area contributed by atoms with Gasteiger partial charge in [0.25, 0.3) is 0 Å². The Balaban J connectivity index is 2.06. The molecule has 0 amide bonds. The van der Waals surface area contributed by atoms with Crippen LogP contribution in [0.25, 0.3) is 0 Å². The van der Waals surface area contributed by atoms with Crippen LogP contribution in [0.15, 0.2) is 12.1 Å². The molecule has 0 saturated heterocycles. The maximum atomic E-state index is 14.2. The molecule has 0 N–H and O–H groups in total. The Bertz CT molecular complexity index is 454. The van der Waals surface area contributed by atoms with Gasteiger partial charge in [0.2, 0.25) is 5.82 Å². The summed E-state index contributed by atoms with van der Waals surface area (Å²) in [5, 5.41) is 0. The van der Waals surface area contributed by atoms with Crippen molar-refractivity contribution in [1.29, 1.82) is 0 Å². The Morgan fingerprint density at radius 2 is 1.81 bits per heavy atom. The van der Waals surface area contributed by atoms with E-state index in [1.54, 1.807) is 6.07 Å². The molecule has 0 bridgehead atoms. The third-order valence-corrected chi connectivity index (χ3v) is 4.39. The Kier molecular flexibility index (Phi) is 5.97. The fraction of sp³-hybridized carbons (Fsp3) is 0.647. The number of rotatable bonds is 6. The summed E-state index contributed by atoms with van der Waals surface area (Å²) in [6, 6.07) is 3.17. The van der Waals surface area contributed by atoms with Gasteiger partial charge in [-0.05, 0) is 49.1 Å². The molecule has 1 fully saturated rings. The third kappa shape index (κ3) is 3.94. The standard InChI is InChI=1S/C17H24F2O2/c1-3-4-12-5-7-13(8-6-12)14-9-10-15(21-11-20-2)17(19)16(14)18/h9-10,12-13H,3-8,11H2,1-2H3. The van der Waals surface area contributed by atoms with Gasteiger partial charge in [0.1, 0.15) is 0 Å². The molecule has 2 rings (SSSR count). The fourth-order valence-electron chi connectivity index (χ4n) is 3.27. The van der Waals surface area contributed by atoms with Crippen LogP contribution in [0.5, 0.6) is 5.75 Å². The van der Waals surface area contributed by atoms with E-state index in [1.165, 1.54) is 26.0 Å². The first-order valence-electron chi connectivity index (χ1n) is 7.77. The minimum absolute atomic E-state index is 0.0854. The highest BCUT2D eigenvalue weighted by Gasteiger charge is 2.26. The van der Waals surface area contributed by atoms with E-state index in [0.29, 0.717) is 5.56 Å². The van der Waals surface area contributed by atoms with Gasteiger partial charge in [-0.1, -0.05) is 25.8 Å². The number of ether oxygens (including phenoxy) is 2. The molecular formula is C17H24F2O2. The fourth-order valence-corrected chi connectivity index (χ4v) is 3.27. The summed E-state index contributed by atoms with van der Waals surface area (Å²) in [5.41, 5.74) is 0.493. The summed E-state index contributed by atoms with van der Waals surface area (Å²) in [6.45, 7) is 2.11. The summed E-state index contributed by atoms with van der Waals surface area (Å²) >= 11 is 0. The van der Waals surface area contributed by atoms with Crippen molar-refractivity contribution < 1.29 is 18.3 Å². The monoisotopic (exact) mass is 298 g/mol. The van der Waals surface area contributed by atoms with Crippen LogP contribution in [0.4, 0.5) is 8.78 Å². The molecule has 1 aliphatic carbocycles. The van der Waals surface area contributed by atoms with Gasteiger partial charge in [0.05, 0.1) is 0 Å². The molecule has 118 valence electrons. The predicted molar refractivity (Wildman–Crippen MR) is 78.5 cm³/mol. The van der Waals surface area contributed by atoms with Gasteiger partial charge in [-0.3, -0.25) is 0 Å². The molecule has 1 aliphatic rings.